The molecular formula is C30H33N3O5. The highest BCUT2D eigenvalue weighted by Crippen LogP contribution is 2.34. The van der Waals surface area contributed by atoms with Crippen LogP contribution in [0, 0.1) is 12.8 Å². The molecule has 3 aromatic rings. The second kappa shape index (κ2) is 11.8. The number of hydrogen-bond donors (Lipinski definition) is 2. The van der Waals surface area contributed by atoms with Crippen molar-refractivity contribution in [3.8, 4) is 5.75 Å². The minimum atomic E-state index is -0.837. The summed E-state index contributed by atoms with van der Waals surface area (Å²) in [6.07, 6.45) is -1.34. The van der Waals surface area contributed by atoms with Crippen LogP contribution < -0.4 is 15.4 Å². The first kappa shape index (κ1) is 26.7. The van der Waals surface area contributed by atoms with E-state index in [-0.39, 0.29) is 24.3 Å². The van der Waals surface area contributed by atoms with Crippen LogP contribution in [0.4, 0.5) is 10.5 Å². The van der Waals surface area contributed by atoms with Crippen LogP contribution in [0.2, 0.25) is 0 Å². The standard InChI is InChI=1S/C30H33N3O5/c1-19(2)17-31-29(35)26-27(38-30(36)33(26)18-21-11-9-20(3)10-12-21)22-13-15-23(16-14-22)32-28(34)24-7-5-6-8-25(24)37-4/h5-16,19,26-27H,17-18H2,1-4H3,(H,31,35)(H,32,34). The van der Waals surface area contributed by atoms with Crippen molar-refractivity contribution in [1.29, 1.82) is 0 Å². The molecule has 8 heteroatoms. The summed E-state index contributed by atoms with van der Waals surface area (Å²) in [5.74, 6) is 0.156. The number of hydrogen-bond acceptors (Lipinski definition) is 5. The Labute approximate surface area is 222 Å². The fraction of sp³-hybridized carbons (Fsp3) is 0.300. The molecule has 1 fully saturated rings. The molecular weight excluding hydrogens is 482 g/mol. The fourth-order valence-electron chi connectivity index (χ4n) is 4.30. The van der Waals surface area contributed by atoms with Crippen molar-refractivity contribution < 1.29 is 23.9 Å². The van der Waals surface area contributed by atoms with Gasteiger partial charge in [-0.05, 0) is 48.2 Å². The molecule has 0 radical (unpaired) electrons. The third-order valence-corrected chi connectivity index (χ3v) is 6.36. The Morgan fingerprint density at radius 3 is 2.34 bits per heavy atom. The molecule has 3 amide bonds. The van der Waals surface area contributed by atoms with Crippen LogP contribution in [0.25, 0.3) is 0 Å². The Morgan fingerprint density at radius 1 is 1.00 bits per heavy atom. The largest absolute Gasteiger partial charge is 0.496 e. The normalized spacial score (nSPS) is 16.8. The van der Waals surface area contributed by atoms with Crippen molar-refractivity contribution in [1.82, 2.24) is 10.2 Å². The van der Waals surface area contributed by atoms with Gasteiger partial charge in [0.25, 0.3) is 5.91 Å². The monoisotopic (exact) mass is 515 g/mol. The Morgan fingerprint density at radius 2 is 1.68 bits per heavy atom. The second-order valence-corrected chi connectivity index (χ2v) is 9.78. The molecule has 2 N–H and O–H groups in total. The average molecular weight is 516 g/mol. The van der Waals surface area contributed by atoms with Gasteiger partial charge >= 0.3 is 6.09 Å². The lowest BCUT2D eigenvalue weighted by Crippen LogP contribution is -2.47. The molecule has 198 valence electrons. The number of benzene rings is 3. The molecule has 3 aromatic carbocycles. The van der Waals surface area contributed by atoms with Crippen molar-refractivity contribution in [3.63, 3.8) is 0 Å². The summed E-state index contributed by atoms with van der Waals surface area (Å²) in [7, 11) is 1.51. The number of methoxy groups -OCH3 is 1. The zero-order valence-electron chi connectivity index (χ0n) is 22.1. The van der Waals surface area contributed by atoms with Crippen LogP contribution >= 0.6 is 0 Å². The molecule has 0 spiro atoms. The van der Waals surface area contributed by atoms with Crippen LogP contribution in [0.15, 0.2) is 72.8 Å². The quantitative estimate of drug-likeness (QED) is 0.414. The third-order valence-electron chi connectivity index (χ3n) is 6.36. The van der Waals surface area contributed by atoms with Crippen LogP contribution in [0.1, 0.15) is 47.0 Å². The van der Waals surface area contributed by atoms with Crippen LogP contribution in [0.3, 0.4) is 0 Å². The minimum Gasteiger partial charge on any atom is -0.496 e. The second-order valence-electron chi connectivity index (χ2n) is 9.78. The Hall–Kier alpha value is -4.33. The van der Waals surface area contributed by atoms with E-state index in [2.05, 4.69) is 10.6 Å². The number of amides is 3. The van der Waals surface area contributed by atoms with Crippen molar-refractivity contribution in [2.75, 3.05) is 19.0 Å². The summed E-state index contributed by atoms with van der Waals surface area (Å²) < 4.78 is 11.0. The summed E-state index contributed by atoms with van der Waals surface area (Å²) in [5, 5.41) is 5.81. The SMILES string of the molecule is COc1ccccc1C(=O)Nc1ccc(C2OC(=O)N(Cc3ccc(C)cc3)C2C(=O)NCC(C)C)cc1. The molecule has 1 aliphatic heterocycles. The highest BCUT2D eigenvalue weighted by molar-refractivity contribution is 6.06. The molecule has 0 aromatic heterocycles. The number of para-hydroxylation sites is 1. The van der Waals surface area contributed by atoms with E-state index in [1.807, 2.05) is 45.0 Å². The van der Waals surface area contributed by atoms with E-state index in [1.165, 1.54) is 12.0 Å². The number of carbonyl (C=O) groups is 3. The lowest BCUT2D eigenvalue weighted by atomic mass is 10.00. The van der Waals surface area contributed by atoms with E-state index >= 15 is 0 Å². The molecule has 0 aliphatic carbocycles. The van der Waals surface area contributed by atoms with Gasteiger partial charge in [0, 0.05) is 12.2 Å². The maximum atomic E-state index is 13.3. The first-order valence-corrected chi connectivity index (χ1v) is 12.6. The topological polar surface area (TPSA) is 97.0 Å². The first-order chi connectivity index (χ1) is 18.3. The van der Waals surface area contributed by atoms with Gasteiger partial charge < -0.3 is 20.1 Å². The van der Waals surface area contributed by atoms with E-state index < -0.39 is 18.2 Å². The van der Waals surface area contributed by atoms with Gasteiger partial charge in [-0.1, -0.05) is 67.9 Å². The Kier molecular flexibility index (Phi) is 8.31. The van der Waals surface area contributed by atoms with E-state index in [1.54, 1.807) is 48.5 Å². The predicted octanol–water partition coefficient (Wildman–Crippen LogP) is 5.09. The Balaban J connectivity index is 1.55. The van der Waals surface area contributed by atoms with E-state index in [4.69, 9.17) is 9.47 Å². The lowest BCUT2D eigenvalue weighted by Gasteiger charge is -2.24. The summed E-state index contributed by atoms with van der Waals surface area (Å²) in [6.45, 7) is 6.76. The highest BCUT2D eigenvalue weighted by Gasteiger charge is 2.46. The van der Waals surface area contributed by atoms with Crippen molar-refractivity contribution in [2.45, 2.75) is 39.5 Å². The van der Waals surface area contributed by atoms with Crippen molar-refractivity contribution in [2.24, 2.45) is 5.92 Å². The van der Waals surface area contributed by atoms with Gasteiger partial charge in [0.15, 0.2) is 12.1 Å². The number of nitrogens with zero attached hydrogens (tertiary/aromatic N) is 1. The summed E-state index contributed by atoms with van der Waals surface area (Å²) in [5.41, 5.74) is 3.65. The van der Waals surface area contributed by atoms with Gasteiger partial charge in [-0.2, -0.15) is 0 Å². The van der Waals surface area contributed by atoms with Crippen molar-refractivity contribution in [3.05, 3.63) is 95.1 Å². The molecule has 1 aliphatic rings. The van der Waals surface area contributed by atoms with Crippen LogP contribution in [-0.4, -0.2) is 42.5 Å². The molecule has 8 nitrogen and oxygen atoms in total. The number of cyclic esters (lactones) is 1. The molecule has 1 heterocycles. The number of carbonyl (C=O) groups excluding carboxylic acids is 3. The fourth-order valence-corrected chi connectivity index (χ4v) is 4.30. The molecule has 2 atom stereocenters. The highest BCUT2D eigenvalue weighted by atomic mass is 16.6. The van der Waals surface area contributed by atoms with Gasteiger partial charge in [0.2, 0.25) is 5.91 Å². The van der Waals surface area contributed by atoms with Gasteiger partial charge in [-0.3, -0.25) is 14.5 Å². The van der Waals surface area contributed by atoms with Crippen LogP contribution in [0.5, 0.6) is 5.75 Å². The van der Waals surface area contributed by atoms with E-state index in [0.29, 0.717) is 29.1 Å². The molecule has 1 saturated heterocycles. The average Bonchev–Trinajstić information content (AvgIpc) is 3.24. The zero-order valence-corrected chi connectivity index (χ0v) is 22.1. The predicted molar refractivity (Wildman–Crippen MR) is 145 cm³/mol. The number of aryl methyl sites for hydroxylation is 1. The van der Waals surface area contributed by atoms with Gasteiger partial charge in [-0.15, -0.1) is 0 Å². The molecule has 0 bridgehead atoms. The third kappa shape index (κ3) is 6.14. The van der Waals surface area contributed by atoms with Crippen LogP contribution in [-0.2, 0) is 16.1 Å². The van der Waals surface area contributed by atoms with Crippen molar-refractivity contribution >= 4 is 23.6 Å². The van der Waals surface area contributed by atoms with E-state index in [0.717, 1.165) is 11.1 Å². The number of nitrogens with one attached hydrogen (secondary N) is 2. The zero-order chi connectivity index (χ0) is 27.2. The molecule has 4 rings (SSSR count). The summed E-state index contributed by atoms with van der Waals surface area (Å²) in [4.78, 5) is 40.5. The molecule has 0 saturated carbocycles. The number of anilines is 1. The van der Waals surface area contributed by atoms with E-state index in [9.17, 15) is 14.4 Å². The lowest BCUT2D eigenvalue weighted by molar-refractivity contribution is -0.126. The number of ether oxygens (including phenoxy) is 2. The maximum Gasteiger partial charge on any atom is 0.411 e. The number of rotatable bonds is 9. The Bertz CT molecular complexity index is 1290. The smallest absolute Gasteiger partial charge is 0.411 e. The first-order valence-electron chi connectivity index (χ1n) is 12.6. The summed E-state index contributed by atoms with van der Waals surface area (Å²) in [6, 6.07) is 20.9. The van der Waals surface area contributed by atoms with Gasteiger partial charge in [0.1, 0.15) is 5.75 Å². The molecule has 2 unspecified atom stereocenters. The summed E-state index contributed by atoms with van der Waals surface area (Å²) >= 11 is 0. The minimum absolute atomic E-state index is 0.252. The molecule has 38 heavy (non-hydrogen) atoms. The van der Waals surface area contributed by atoms with Gasteiger partial charge in [0.05, 0.1) is 19.2 Å². The maximum absolute atomic E-state index is 13.3. The van der Waals surface area contributed by atoms with Gasteiger partial charge in [-0.25, -0.2) is 4.79 Å².